The molecular weight excluding hydrogens is 348 g/mol. The minimum absolute atomic E-state index is 0.160. The van der Waals surface area contributed by atoms with Gasteiger partial charge in [-0.25, -0.2) is 0 Å². The lowest BCUT2D eigenvalue weighted by Crippen LogP contribution is -2.18. The molecule has 5 nitrogen and oxygen atoms in total. The number of hydrogen-bond acceptors (Lipinski definition) is 3. The van der Waals surface area contributed by atoms with Gasteiger partial charge in [0.05, 0.1) is 11.9 Å². The first kappa shape index (κ1) is 18.0. The van der Waals surface area contributed by atoms with Crippen LogP contribution in [0.15, 0.2) is 55.1 Å². The van der Waals surface area contributed by atoms with Crippen LogP contribution in [-0.2, 0) is 6.54 Å². The summed E-state index contributed by atoms with van der Waals surface area (Å²) in [5.41, 5.74) is 4.00. The average molecular weight is 370 g/mol. The van der Waals surface area contributed by atoms with Gasteiger partial charge in [-0.1, -0.05) is 24.3 Å². The quantitative estimate of drug-likeness (QED) is 0.705. The summed E-state index contributed by atoms with van der Waals surface area (Å²) in [5, 5.41) is 7.28. The fourth-order valence-corrected chi connectivity index (χ4v) is 3.15. The predicted molar refractivity (Wildman–Crippen MR) is 109 cm³/mol. The van der Waals surface area contributed by atoms with Gasteiger partial charge in [-0.05, 0) is 55.5 Å². The molecule has 2 heterocycles. The van der Waals surface area contributed by atoms with E-state index < -0.39 is 0 Å². The molecular formula is C23H22N4O. The zero-order chi connectivity index (χ0) is 19.3. The molecule has 1 aliphatic rings. The minimum Gasteiger partial charge on any atom is -0.319 e. The standard InChI is InChI=1S/C23H22N4O/c1-17-7-9-21(12-20(17)10-8-18-6-3-11-24-13-18)23(28)26-22-14-25-27(16-22)15-19-4-2-5-19/h3,6-7,9,11-14,16,19H,2,4-5,15H2,1H3,(H,26,28). The molecule has 1 N–H and O–H groups in total. The number of benzene rings is 1. The van der Waals surface area contributed by atoms with E-state index in [9.17, 15) is 4.79 Å². The van der Waals surface area contributed by atoms with Crippen LogP contribution < -0.4 is 5.32 Å². The maximum Gasteiger partial charge on any atom is 0.255 e. The van der Waals surface area contributed by atoms with E-state index >= 15 is 0 Å². The van der Waals surface area contributed by atoms with Crippen LogP contribution in [0, 0.1) is 24.7 Å². The van der Waals surface area contributed by atoms with Crippen LogP contribution in [-0.4, -0.2) is 20.7 Å². The lowest BCUT2D eigenvalue weighted by Gasteiger charge is -2.24. The van der Waals surface area contributed by atoms with Crippen molar-refractivity contribution in [3.8, 4) is 11.8 Å². The average Bonchev–Trinajstić information content (AvgIpc) is 3.12. The van der Waals surface area contributed by atoms with E-state index in [2.05, 4.69) is 27.2 Å². The van der Waals surface area contributed by atoms with Gasteiger partial charge in [-0.3, -0.25) is 14.5 Å². The van der Waals surface area contributed by atoms with Crippen molar-refractivity contribution in [3.05, 3.63) is 77.4 Å². The molecule has 1 aliphatic carbocycles. The lowest BCUT2D eigenvalue weighted by molar-refractivity contribution is 0.102. The number of hydrogen-bond donors (Lipinski definition) is 1. The Kier molecular flexibility index (Phi) is 5.20. The summed E-state index contributed by atoms with van der Waals surface area (Å²) in [5.74, 6) is 6.80. The Morgan fingerprint density at radius 2 is 2.14 bits per heavy atom. The van der Waals surface area contributed by atoms with E-state index in [1.165, 1.54) is 19.3 Å². The van der Waals surface area contributed by atoms with Crippen LogP contribution in [0.25, 0.3) is 0 Å². The van der Waals surface area contributed by atoms with Gasteiger partial charge in [-0.2, -0.15) is 5.10 Å². The normalized spacial score (nSPS) is 13.3. The van der Waals surface area contributed by atoms with Crippen LogP contribution in [0.5, 0.6) is 0 Å². The Balaban J connectivity index is 1.46. The van der Waals surface area contributed by atoms with E-state index in [4.69, 9.17) is 0 Å². The SMILES string of the molecule is Cc1ccc(C(=O)Nc2cnn(CC3CCC3)c2)cc1C#Cc1cccnc1. The molecule has 28 heavy (non-hydrogen) atoms. The number of aryl methyl sites for hydroxylation is 1. The first-order valence-corrected chi connectivity index (χ1v) is 9.54. The molecule has 1 saturated carbocycles. The van der Waals surface area contributed by atoms with Crippen molar-refractivity contribution in [1.29, 1.82) is 0 Å². The number of amides is 1. The fourth-order valence-electron chi connectivity index (χ4n) is 3.15. The number of aromatic nitrogens is 3. The van der Waals surface area contributed by atoms with Crippen molar-refractivity contribution in [2.24, 2.45) is 5.92 Å². The molecule has 1 aromatic carbocycles. The van der Waals surface area contributed by atoms with Crippen molar-refractivity contribution >= 4 is 11.6 Å². The van der Waals surface area contributed by atoms with Crippen LogP contribution >= 0.6 is 0 Å². The highest BCUT2D eigenvalue weighted by Crippen LogP contribution is 2.27. The molecule has 2 aromatic heterocycles. The molecule has 0 bridgehead atoms. The van der Waals surface area contributed by atoms with Crippen LogP contribution in [0.4, 0.5) is 5.69 Å². The van der Waals surface area contributed by atoms with Crippen molar-refractivity contribution in [2.75, 3.05) is 5.32 Å². The predicted octanol–water partition coefficient (Wildman–Crippen LogP) is 4.04. The lowest BCUT2D eigenvalue weighted by atomic mass is 9.85. The summed E-state index contributed by atoms with van der Waals surface area (Å²) in [6, 6.07) is 9.33. The van der Waals surface area contributed by atoms with Crippen LogP contribution in [0.1, 0.15) is 46.3 Å². The molecule has 0 spiro atoms. The maximum absolute atomic E-state index is 12.6. The molecule has 0 atom stereocenters. The number of pyridine rings is 1. The summed E-state index contributed by atoms with van der Waals surface area (Å²) in [6.45, 7) is 2.91. The summed E-state index contributed by atoms with van der Waals surface area (Å²) < 4.78 is 1.92. The van der Waals surface area contributed by atoms with Crippen LogP contribution in [0.3, 0.4) is 0 Å². The fraction of sp³-hybridized carbons (Fsp3) is 0.261. The highest BCUT2D eigenvalue weighted by molar-refractivity contribution is 6.04. The summed E-state index contributed by atoms with van der Waals surface area (Å²) in [6.07, 6.45) is 10.9. The highest BCUT2D eigenvalue weighted by atomic mass is 16.1. The molecule has 5 heteroatoms. The summed E-state index contributed by atoms with van der Waals surface area (Å²) in [7, 11) is 0. The second kappa shape index (κ2) is 8.10. The van der Waals surface area contributed by atoms with Crippen molar-refractivity contribution in [2.45, 2.75) is 32.7 Å². The number of anilines is 1. The van der Waals surface area contributed by atoms with Gasteiger partial charge in [0.1, 0.15) is 0 Å². The molecule has 0 aliphatic heterocycles. The van der Waals surface area contributed by atoms with Gasteiger partial charge in [0.25, 0.3) is 5.91 Å². The molecule has 1 amide bonds. The van der Waals surface area contributed by atoms with E-state index in [1.54, 1.807) is 18.6 Å². The second-order valence-corrected chi connectivity index (χ2v) is 7.22. The molecule has 3 aromatic rings. The first-order chi connectivity index (χ1) is 13.7. The third kappa shape index (κ3) is 4.29. The van der Waals surface area contributed by atoms with E-state index in [0.29, 0.717) is 11.3 Å². The maximum atomic E-state index is 12.6. The minimum atomic E-state index is -0.160. The van der Waals surface area contributed by atoms with Gasteiger partial charge >= 0.3 is 0 Å². The number of rotatable bonds is 4. The monoisotopic (exact) mass is 370 g/mol. The van der Waals surface area contributed by atoms with Gasteiger partial charge in [0.15, 0.2) is 0 Å². The summed E-state index contributed by atoms with van der Waals surface area (Å²) in [4.78, 5) is 16.7. The van der Waals surface area contributed by atoms with E-state index in [1.807, 2.05) is 48.1 Å². The summed E-state index contributed by atoms with van der Waals surface area (Å²) >= 11 is 0. The molecule has 0 unspecified atom stereocenters. The third-order valence-electron chi connectivity index (χ3n) is 5.06. The van der Waals surface area contributed by atoms with E-state index in [-0.39, 0.29) is 5.91 Å². The second-order valence-electron chi connectivity index (χ2n) is 7.22. The Labute approximate surface area is 164 Å². The van der Waals surface area contributed by atoms with Gasteiger partial charge in [0.2, 0.25) is 0 Å². The van der Waals surface area contributed by atoms with Crippen molar-refractivity contribution in [1.82, 2.24) is 14.8 Å². The molecule has 0 radical (unpaired) electrons. The van der Waals surface area contributed by atoms with Crippen LogP contribution in [0.2, 0.25) is 0 Å². The molecule has 140 valence electrons. The first-order valence-electron chi connectivity index (χ1n) is 9.54. The van der Waals surface area contributed by atoms with Gasteiger partial charge < -0.3 is 5.32 Å². The molecule has 1 fully saturated rings. The van der Waals surface area contributed by atoms with Gasteiger partial charge in [0, 0.05) is 41.8 Å². The van der Waals surface area contributed by atoms with Crippen molar-refractivity contribution < 1.29 is 4.79 Å². The Morgan fingerprint density at radius 1 is 1.25 bits per heavy atom. The largest absolute Gasteiger partial charge is 0.319 e. The highest BCUT2D eigenvalue weighted by Gasteiger charge is 2.18. The molecule has 0 saturated heterocycles. The number of nitrogens with one attached hydrogen (secondary N) is 1. The number of carbonyl (C=O) groups is 1. The Hall–Kier alpha value is -3.39. The number of carbonyl (C=O) groups excluding carboxylic acids is 1. The molecule has 4 rings (SSSR count). The zero-order valence-corrected chi connectivity index (χ0v) is 15.9. The zero-order valence-electron chi connectivity index (χ0n) is 15.9. The van der Waals surface area contributed by atoms with Crippen molar-refractivity contribution in [3.63, 3.8) is 0 Å². The Morgan fingerprint density at radius 3 is 2.89 bits per heavy atom. The van der Waals surface area contributed by atoms with Gasteiger partial charge in [-0.15, -0.1) is 0 Å². The Bertz CT molecular complexity index is 1040. The van der Waals surface area contributed by atoms with E-state index in [0.717, 1.165) is 29.2 Å². The smallest absolute Gasteiger partial charge is 0.255 e. The number of nitrogens with zero attached hydrogens (tertiary/aromatic N) is 3. The third-order valence-corrected chi connectivity index (χ3v) is 5.06. The topological polar surface area (TPSA) is 59.8 Å².